The first-order chi connectivity index (χ1) is 10.1. The maximum Gasteiger partial charge on any atom is 0.251 e. The van der Waals surface area contributed by atoms with E-state index in [2.05, 4.69) is 22.9 Å². The van der Waals surface area contributed by atoms with Crippen LogP contribution in [0.5, 0.6) is 0 Å². The number of nitrogens with one attached hydrogen (secondary N) is 3. The van der Waals surface area contributed by atoms with E-state index in [9.17, 15) is 9.59 Å². The maximum absolute atomic E-state index is 12.3. The van der Waals surface area contributed by atoms with Crippen molar-refractivity contribution in [2.75, 3.05) is 18.4 Å². The number of benzene rings is 1. The van der Waals surface area contributed by atoms with E-state index in [4.69, 9.17) is 0 Å². The summed E-state index contributed by atoms with van der Waals surface area (Å²) in [4.78, 5) is 23.7. The summed E-state index contributed by atoms with van der Waals surface area (Å²) in [5, 5.41) is 9.23. The van der Waals surface area contributed by atoms with E-state index in [0.717, 1.165) is 37.2 Å². The van der Waals surface area contributed by atoms with Gasteiger partial charge in [-0.1, -0.05) is 6.07 Å². The van der Waals surface area contributed by atoms with Crippen LogP contribution >= 0.6 is 0 Å². The molecule has 3 N–H and O–H groups in total. The molecule has 5 nitrogen and oxygen atoms in total. The summed E-state index contributed by atoms with van der Waals surface area (Å²) < 4.78 is 0. The molecule has 2 atom stereocenters. The Morgan fingerprint density at radius 1 is 1.43 bits per heavy atom. The van der Waals surface area contributed by atoms with Crippen molar-refractivity contribution in [3.63, 3.8) is 0 Å². The number of fused-ring (bicyclic) bond motifs is 1. The summed E-state index contributed by atoms with van der Waals surface area (Å²) in [5.74, 6) is 0.401. The highest BCUT2D eigenvalue weighted by atomic mass is 16.2. The lowest BCUT2D eigenvalue weighted by molar-refractivity contribution is -0.115. The minimum atomic E-state index is -0.0722. The summed E-state index contributed by atoms with van der Waals surface area (Å²) >= 11 is 0. The van der Waals surface area contributed by atoms with Crippen LogP contribution in [0, 0.1) is 5.92 Å². The highest BCUT2D eigenvalue weighted by Gasteiger charge is 2.23. The van der Waals surface area contributed by atoms with E-state index in [0.29, 0.717) is 17.9 Å². The van der Waals surface area contributed by atoms with E-state index in [1.54, 1.807) is 12.1 Å². The number of carbonyl (C=O) groups is 2. The molecule has 0 saturated carbocycles. The zero-order valence-corrected chi connectivity index (χ0v) is 12.2. The summed E-state index contributed by atoms with van der Waals surface area (Å²) in [6, 6.07) is 5.56. The maximum atomic E-state index is 12.3. The minimum Gasteiger partial charge on any atom is -0.349 e. The molecule has 0 aliphatic carbocycles. The Hall–Kier alpha value is -1.88. The highest BCUT2D eigenvalue weighted by molar-refractivity contribution is 6.02. The van der Waals surface area contributed by atoms with Crippen molar-refractivity contribution < 1.29 is 9.59 Å². The molecule has 2 amide bonds. The molecule has 2 heterocycles. The lowest BCUT2D eigenvalue weighted by Crippen LogP contribution is -2.44. The van der Waals surface area contributed by atoms with Gasteiger partial charge in [0.25, 0.3) is 5.91 Å². The van der Waals surface area contributed by atoms with Gasteiger partial charge in [-0.3, -0.25) is 9.59 Å². The number of piperidine rings is 1. The standard InChI is InChI=1S/C16H21N3O2/c1-10(13-3-2-6-17-9-13)18-16(21)12-5-4-11-8-15(20)19-14(11)7-12/h4-5,7,10,13,17H,2-3,6,8-9H2,1H3,(H,18,21)(H,19,20). The summed E-state index contributed by atoms with van der Waals surface area (Å²) in [6.07, 6.45) is 2.71. The Labute approximate surface area is 124 Å². The molecule has 1 aromatic carbocycles. The molecule has 0 radical (unpaired) electrons. The summed E-state index contributed by atoms with van der Waals surface area (Å²) in [7, 11) is 0. The minimum absolute atomic E-state index is 0.00999. The number of amides is 2. The Bertz CT molecular complexity index is 565. The molecule has 0 spiro atoms. The molecule has 0 aromatic heterocycles. The lowest BCUT2D eigenvalue weighted by Gasteiger charge is -2.29. The number of anilines is 1. The van der Waals surface area contributed by atoms with Crippen molar-refractivity contribution >= 4 is 17.5 Å². The molecule has 1 fully saturated rings. The molecule has 2 unspecified atom stereocenters. The van der Waals surface area contributed by atoms with Crippen LogP contribution in [0.2, 0.25) is 0 Å². The van der Waals surface area contributed by atoms with Gasteiger partial charge in [-0.2, -0.15) is 0 Å². The van der Waals surface area contributed by atoms with Crippen LogP contribution in [0.15, 0.2) is 18.2 Å². The molecular formula is C16H21N3O2. The third kappa shape index (κ3) is 3.08. The second-order valence-electron chi connectivity index (χ2n) is 5.97. The second-order valence-corrected chi connectivity index (χ2v) is 5.97. The Balaban J connectivity index is 1.65. The van der Waals surface area contributed by atoms with E-state index in [1.165, 1.54) is 0 Å². The van der Waals surface area contributed by atoms with Crippen molar-refractivity contribution in [3.05, 3.63) is 29.3 Å². The van der Waals surface area contributed by atoms with Crippen LogP contribution in [0.3, 0.4) is 0 Å². The fourth-order valence-electron chi connectivity index (χ4n) is 3.07. The fourth-order valence-corrected chi connectivity index (χ4v) is 3.07. The molecule has 112 valence electrons. The van der Waals surface area contributed by atoms with Gasteiger partial charge in [0.05, 0.1) is 6.42 Å². The van der Waals surface area contributed by atoms with E-state index in [-0.39, 0.29) is 17.9 Å². The Kier molecular flexibility index (Phi) is 3.92. The Morgan fingerprint density at radius 3 is 3.05 bits per heavy atom. The first kappa shape index (κ1) is 14.1. The quantitative estimate of drug-likeness (QED) is 0.785. The topological polar surface area (TPSA) is 70.2 Å². The number of rotatable bonds is 3. The van der Waals surface area contributed by atoms with Gasteiger partial charge in [-0.25, -0.2) is 0 Å². The van der Waals surface area contributed by atoms with Crippen molar-refractivity contribution in [3.8, 4) is 0 Å². The number of hydrogen-bond donors (Lipinski definition) is 3. The molecule has 0 bridgehead atoms. The van der Waals surface area contributed by atoms with Gasteiger partial charge >= 0.3 is 0 Å². The first-order valence-corrected chi connectivity index (χ1v) is 7.58. The average Bonchev–Trinajstić information content (AvgIpc) is 2.87. The normalized spacial score (nSPS) is 22.3. The smallest absolute Gasteiger partial charge is 0.251 e. The largest absolute Gasteiger partial charge is 0.349 e. The Morgan fingerprint density at radius 2 is 2.29 bits per heavy atom. The van der Waals surface area contributed by atoms with Gasteiger partial charge in [0, 0.05) is 17.3 Å². The van der Waals surface area contributed by atoms with Gasteiger partial charge in [0.2, 0.25) is 5.91 Å². The van der Waals surface area contributed by atoms with Crippen molar-refractivity contribution in [1.82, 2.24) is 10.6 Å². The third-order valence-corrected chi connectivity index (χ3v) is 4.40. The third-order valence-electron chi connectivity index (χ3n) is 4.40. The molecule has 1 aromatic rings. The zero-order valence-electron chi connectivity index (χ0n) is 12.2. The monoisotopic (exact) mass is 287 g/mol. The van der Waals surface area contributed by atoms with E-state index >= 15 is 0 Å². The molecule has 5 heteroatoms. The van der Waals surface area contributed by atoms with Gasteiger partial charge in [0.15, 0.2) is 0 Å². The predicted octanol–water partition coefficient (Wildman–Crippen LogP) is 1.30. The fraction of sp³-hybridized carbons (Fsp3) is 0.500. The zero-order chi connectivity index (χ0) is 14.8. The molecule has 1 saturated heterocycles. The molecule has 3 rings (SSSR count). The van der Waals surface area contributed by atoms with Crippen LogP contribution in [0.1, 0.15) is 35.7 Å². The summed E-state index contributed by atoms with van der Waals surface area (Å²) in [5.41, 5.74) is 2.33. The highest BCUT2D eigenvalue weighted by Crippen LogP contribution is 2.24. The van der Waals surface area contributed by atoms with Crippen LogP contribution in [0.25, 0.3) is 0 Å². The van der Waals surface area contributed by atoms with Gasteiger partial charge in [0.1, 0.15) is 0 Å². The van der Waals surface area contributed by atoms with Crippen molar-refractivity contribution in [2.45, 2.75) is 32.2 Å². The van der Waals surface area contributed by atoms with Crippen molar-refractivity contribution in [1.29, 1.82) is 0 Å². The van der Waals surface area contributed by atoms with Crippen LogP contribution < -0.4 is 16.0 Å². The SMILES string of the molecule is CC(NC(=O)c1ccc2c(c1)NC(=O)C2)C1CCCNC1. The number of carbonyl (C=O) groups excluding carboxylic acids is 2. The molecular weight excluding hydrogens is 266 g/mol. The first-order valence-electron chi connectivity index (χ1n) is 7.58. The average molecular weight is 287 g/mol. The van der Waals surface area contributed by atoms with E-state index < -0.39 is 0 Å². The van der Waals surface area contributed by atoms with Crippen LogP contribution in [-0.2, 0) is 11.2 Å². The van der Waals surface area contributed by atoms with Gasteiger partial charge in [-0.15, -0.1) is 0 Å². The molecule has 21 heavy (non-hydrogen) atoms. The van der Waals surface area contributed by atoms with Gasteiger partial charge in [-0.05, 0) is 56.5 Å². The van der Waals surface area contributed by atoms with Crippen molar-refractivity contribution in [2.24, 2.45) is 5.92 Å². The van der Waals surface area contributed by atoms with E-state index in [1.807, 2.05) is 6.07 Å². The van der Waals surface area contributed by atoms with Crippen LogP contribution in [0.4, 0.5) is 5.69 Å². The van der Waals surface area contributed by atoms with Gasteiger partial charge < -0.3 is 16.0 Å². The predicted molar refractivity (Wildman–Crippen MR) is 81.3 cm³/mol. The molecule has 2 aliphatic rings. The second kappa shape index (κ2) is 5.85. The van der Waals surface area contributed by atoms with Crippen LogP contribution in [-0.4, -0.2) is 30.9 Å². The summed E-state index contributed by atoms with van der Waals surface area (Å²) in [6.45, 7) is 4.09. The lowest BCUT2D eigenvalue weighted by atomic mass is 9.92. The molecule has 2 aliphatic heterocycles. The number of hydrogen-bond acceptors (Lipinski definition) is 3.